The molecule has 0 unspecified atom stereocenters. The van der Waals surface area contributed by atoms with E-state index in [1.807, 2.05) is 24.3 Å². The third-order valence-corrected chi connectivity index (χ3v) is 4.19. The maximum Gasteiger partial charge on any atom is 0.295 e. The number of aryl methyl sites for hydroxylation is 2. The molecule has 0 aliphatic rings. The fraction of sp³-hybridized carbons (Fsp3) is 0.200. The molecular formula is C15H13N3O2S. The van der Waals surface area contributed by atoms with Crippen LogP contribution in [0.1, 0.15) is 23.7 Å². The molecule has 0 saturated heterocycles. The van der Waals surface area contributed by atoms with Gasteiger partial charge in [-0.2, -0.15) is 14.6 Å². The van der Waals surface area contributed by atoms with Crippen LogP contribution in [0.25, 0.3) is 11.0 Å². The number of nitrogens with zero attached hydrogens (tertiary/aromatic N) is 3. The van der Waals surface area contributed by atoms with E-state index in [1.54, 1.807) is 13.0 Å². The maximum absolute atomic E-state index is 12.3. The zero-order valence-electron chi connectivity index (χ0n) is 11.7. The van der Waals surface area contributed by atoms with Gasteiger partial charge in [0.1, 0.15) is 5.69 Å². The summed E-state index contributed by atoms with van der Waals surface area (Å²) >= 11 is 1.17. The van der Waals surface area contributed by atoms with Gasteiger partial charge < -0.3 is 0 Å². The standard InChI is InChI=1S/C15H13N3O2S/c1-3-10-4-6-11(7-5-10)8-12-14(20)18-15(21-12)16-13(19)9(2)17-18/h4-8H,3H2,1-2H3/b12-8+. The summed E-state index contributed by atoms with van der Waals surface area (Å²) in [5, 5.41) is 3.98. The van der Waals surface area contributed by atoms with Crippen molar-refractivity contribution in [2.75, 3.05) is 0 Å². The molecule has 0 spiro atoms. The van der Waals surface area contributed by atoms with E-state index >= 15 is 0 Å². The van der Waals surface area contributed by atoms with E-state index in [2.05, 4.69) is 17.0 Å². The van der Waals surface area contributed by atoms with E-state index in [4.69, 9.17) is 0 Å². The Bertz CT molecular complexity index is 971. The number of hydrogen-bond acceptors (Lipinski definition) is 5. The highest BCUT2D eigenvalue weighted by Crippen LogP contribution is 2.06. The highest BCUT2D eigenvalue weighted by molar-refractivity contribution is 7.15. The van der Waals surface area contributed by atoms with Gasteiger partial charge in [0.15, 0.2) is 0 Å². The lowest BCUT2D eigenvalue weighted by Gasteiger charge is -1.96. The first-order valence-corrected chi connectivity index (χ1v) is 7.41. The first kappa shape index (κ1) is 13.6. The fourth-order valence-corrected chi connectivity index (χ4v) is 2.89. The highest BCUT2D eigenvalue weighted by Gasteiger charge is 2.08. The molecule has 0 bridgehead atoms. The zero-order valence-corrected chi connectivity index (χ0v) is 12.5. The Balaban J connectivity index is 2.19. The minimum absolute atomic E-state index is 0.223. The lowest BCUT2D eigenvalue weighted by molar-refractivity contribution is 0.833. The second-order valence-corrected chi connectivity index (χ2v) is 5.72. The molecule has 0 aliphatic heterocycles. The van der Waals surface area contributed by atoms with Crippen LogP contribution in [0.5, 0.6) is 0 Å². The van der Waals surface area contributed by atoms with Crippen LogP contribution in [0.2, 0.25) is 0 Å². The number of fused-ring (bicyclic) bond motifs is 1. The molecule has 2 heterocycles. The third kappa shape index (κ3) is 2.50. The van der Waals surface area contributed by atoms with Crippen molar-refractivity contribution < 1.29 is 0 Å². The monoisotopic (exact) mass is 299 g/mol. The second-order valence-electron chi connectivity index (χ2n) is 4.71. The maximum atomic E-state index is 12.3. The van der Waals surface area contributed by atoms with Crippen molar-refractivity contribution in [1.82, 2.24) is 14.6 Å². The molecule has 0 N–H and O–H groups in total. The average Bonchev–Trinajstić information content (AvgIpc) is 2.77. The molecule has 1 aromatic carbocycles. The van der Waals surface area contributed by atoms with Gasteiger partial charge in [-0.15, -0.1) is 0 Å². The summed E-state index contributed by atoms with van der Waals surface area (Å²) in [4.78, 5) is 27.9. The van der Waals surface area contributed by atoms with Gasteiger partial charge in [0, 0.05) is 0 Å². The summed E-state index contributed by atoms with van der Waals surface area (Å²) in [5.74, 6) is 0. The molecule has 21 heavy (non-hydrogen) atoms. The largest absolute Gasteiger partial charge is 0.295 e. The van der Waals surface area contributed by atoms with Crippen LogP contribution < -0.4 is 15.7 Å². The van der Waals surface area contributed by atoms with Gasteiger partial charge in [0.25, 0.3) is 11.1 Å². The summed E-state index contributed by atoms with van der Waals surface area (Å²) in [6.45, 7) is 3.64. The molecule has 106 valence electrons. The Labute approximate surface area is 124 Å². The van der Waals surface area contributed by atoms with Crippen LogP contribution in [0, 0.1) is 6.92 Å². The SMILES string of the molecule is CCc1ccc(/C=c2/sc3nc(=O)c(C)nn3c2=O)cc1. The smallest absolute Gasteiger partial charge is 0.266 e. The van der Waals surface area contributed by atoms with Gasteiger partial charge in [-0.25, -0.2) is 0 Å². The summed E-state index contributed by atoms with van der Waals surface area (Å²) in [6.07, 6.45) is 2.77. The highest BCUT2D eigenvalue weighted by atomic mass is 32.1. The van der Waals surface area contributed by atoms with Crippen LogP contribution >= 0.6 is 11.3 Å². The van der Waals surface area contributed by atoms with Crippen molar-refractivity contribution in [1.29, 1.82) is 0 Å². The lowest BCUT2D eigenvalue weighted by atomic mass is 10.1. The normalized spacial score (nSPS) is 12.2. The van der Waals surface area contributed by atoms with Crippen LogP contribution in [0.3, 0.4) is 0 Å². The molecule has 0 aliphatic carbocycles. The third-order valence-electron chi connectivity index (χ3n) is 3.23. The first-order valence-electron chi connectivity index (χ1n) is 6.59. The van der Waals surface area contributed by atoms with Crippen LogP contribution in [0.4, 0.5) is 0 Å². The number of thiazole rings is 1. The molecule has 3 aromatic rings. The van der Waals surface area contributed by atoms with Crippen molar-refractivity contribution in [3.8, 4) is 0 Å². The van der Waals surface area contributed by atoms with Crippen molar-refractivity contribution in [3.63, 3.8) is 0 Å². The fourth-order valence-electron chi connectivity index (χ4n) is 1.99. The van der Waals surface area contributed by atoms with E-state index in [-0.39, 0.29) is 11.3 Å². The van der Waals surface area contributed by atoms with Gasteiger partial charge in [-0.3, -0.25) is 9.59 Å². The van der Waals surface area contributed by atoms with Crippen molar-refractivity contribution >= 4 is 22.4 Å². The molecule has 2 aromatic heterocycles. The Hall–Kier alpha value is -2.34. The summed E-state index contributed by atoms with van der Waals surface area (Å²) in [6, 6.07) is 8.01. The summed E-state index contributed by atoms with van der Waals surface area (Å²) in [7, 11) is 0. The van der Waals surface area contributed by atoms with Crippen molar-refractivity contribution in [2.45, 2.75) is 20.3 Å². The van der Waals surface area contributed by atoms with Crippen molar-refractivity contribution in [3.05, 3.63) is 66.3 Å². The number of benzene rings is 1. The number of hydrogen-bond donors (Lipinski definition) is 0. The van der Waals surface area contributed by atoms with Crippen LogP contribution in [0.15, 0.2) is 33.9 Å². The first-order chi connectivity index (χ1) is 10.1. The quantitative estimate of drug-likeness (QED) is 0.706. The lowest BCUT2D eigenvalue weighted by Crippen LogP contribution is -2.27. The van der Waals surface area contributed by atoms with Gasteiger partial charge in [-0.05, 0) is 30.5 Å². The van der Waals surface area contributed by atoms with E-state index < -0.39 is 5.56 Å². The second kappa shape index (κ2) is 5.21. The molecular weight excluding hydrogens is 286 g/mol. The Morgan fingerprint density at radius 2 is 1.95 bits per heavy atom. The molecule has 3 rings (SSSR count). The van der Waals surface area contributed by atoms with E-state index in [1.165, 1.54) is 21.4 Å². The predicted octanol–water partition coefficient (Wildman–Crippen LogP) is 0.930. The minimum atomic E-state index is -0.393. The van der Waals surface area contributed by atoms with Gasteiger partial charge in [0.05, 0.1) is 4.53 Å². The average molecular weight is 299 g/mol. The molecule has 0 saturated carbocycles. The zero-order chi connectivity index (χ0) is 15.0. The Kier molecular flexibility index (Phi) is 3.39. The number of rotatable bonds is 2. The summed E-state index contributed by atoms with van der Waals surface area (Å²) < 4.78 is 1.71. The Morgan fingerprint density at radius 3 is 2.62 bits per heavy atom. The molecule has 5 nitrogen and oxygen atoms in total. The van der Waals surface area contributed by atoms with Gasteiger partial charge in [-0.1, -0.05) is 42.5 Å². The number of aromatic nitrogens is 3. The molecule has 0 atom stereocenters. The molecule has 0 amide bonds. The van der Waals surface area contributed by atoms with Gasteiger partial charge >= 0.3 is 0 Å². The molecule has 0 fully saturated rings. The van der Waals surface area contributed by atoms with Crippen LogP contribution in [-0.4, -0.2) is 14.6 Å². The van der Waals surface area contributed by atoms with Gasteiger partial charge in [0.2, 0.25) is 4.96 Å². The van der Waals surface area contributed by atoms with Crippen LogP contribution in [-0.2, 0) is 6.42 Å². The molecule has 0 radical (unpaired) electrons. The minimum Gasteiger partial charge on any atom is -0.266 e. The topological polar surface area (TPSA) is 64.3 Å². The predicted molar refractivity (Wildman–Crippen MR) is 82.7 cm³/mol. The van der Waals surface area contributed by atoms with E-state index in [9.17, 15) is 9.59 Å². The Morgan fingerprint density at radius 1 is 1.24 bits per heavy atom. The summed E-state index contributed by atoms with van der Waals surface area (Å²) in [5.41, 5.74) is 1.77. The molecule has 6 heteroatoms. The van der Waals surface area contributed by atoms with Crippen molar-refractivity contribution in [2.24, 2.45) is 0 Å². The van der Waals surface area contributed by atoms with E-state index in [0.717, 1.165) is 12.0 Å². The van der Waals surface area contributed by atoms with E-state index in [0.29, 0.717) is 9.49 Å².